The number of amides is 1. The van der Waals surface area contributed by atoms with Gasteiger partial charge in [0.05, 0.1) is 25.0 Å². The summed E-state index contributed by atoms with van der Waals surface area (Å²) in [6.07, 6.45) is 5.13. The fourth-order valence-electron chi connectivity index (χ4n) is 3.35. The molecule has 1 aliphatic rings. The number of halogens is 1. The Labute approximate surface area is 174 Å². The molecule has 3 aromatic rings. The van der Waals surface area contributed by atoms with E-state index in [1.54, 1.807) is 41.7 Å². The normalized spacial score (nSPS) is 16.3. The Morgan fingerprint density at radius 3 is 2.90 bits per heavy atom. The molecule has 3 heterocycles. The minimum Gasteiger partial charge on any atom is -0.368 e. The molecule has 7 nitrogen and oxygen atoms in total. The summed E-state index contributed by atoms with van der Waals surface area (Å²) < 4.78 is 19.7. The molecule has 8 heteroatoms. The Morgan fingerprint density at radius 2 is 2.07 bits per heavy atom. The number of ether oxygens (including phenoxy) is 1. The van der Waals surface area contributed by atoms with Gasteiger partial charge in [0.1, 0.15) is 23.6 Å². The number of carbonyl (C=O) groups is 1. The van der Waals surface area contributed by atoms with Gasteiger partial charge in [0.15, 0.2) is 0 Å². The Hall–Kier alpha value is -3.39. The molecule has 1 aliphatic heterocycles. The Balaban J connectivity index is 1.38. The third kappa shape index (κ3) is 4.96. The largest absolute Gasteiger partial charge is 0.368 e. The van der Waals surface area contributed by atoms with Gasteiger partial charge in [0.25, 0.3) is 0 Å². The molecule has 1 atom stereocenters. The third-order valence-electron chi connectivity index (χ3n) is 4.91. The van der Waals surface area contributed by atoms with Crippen molar-refractivity contribution in [1.29, 1.82) is 0 Å². The van der Waals surface area contributed by atoms with Crippen molar-refractivity contribution in [2.45, 2.75) is 18.9 Å². The zero-order chi connectivity index (χ0) is 20.8. The van der Waals surface area contributed by atoms with E-state index in [9.17, 15) is 9.18 Å². The standard InChI is InChI=1S/C22H22FN5O2/c23-17-5-2-1-4-16(17)8-9-22(29)28-12-13-30-19(15-28)18-6-3-7-20(26-18)27-21-14-24-10-11-25-21/h1-7,10-11,14,19H,8-9,12-13,15H2,(H,25,26,27). The smallest absolute Gasteiger partial charge is 0.223 e. The van der Waals surface area contributed by atoms with Crippen molar-refractivity contribution in [2.24, 2.45) is 0 Å². The molecule has 30 heavy (non-hydrogen) atoms. The highest BCUT2D eigenvalue weighted by molar-refractivity contribution is 5.76. The first-order chi connectivity index (χ1) is 14.7. The third-order valence-corrected chi connectivity index (χ3v) is 4.91. The predicted octanol–water partition coefficient (Wildman–Crippen LogP) is 3.29. The molecule has 1 saturated heterocycles. The molecular formula is C22H22FN5O2. The molecular weight excluding hydrogens is 385 g/mol. The van der Waals surface area contributed by atoms with Crippen LogP contribution in [0.2, 0.25) is 0 Å². The highest BCUT2D eigenvalue weighted by Gasteiger charge is 2.26. The number of nitrogens with one attached hydrogen (secondary N) is 1. The Morgan fingerprint density at radius 1 is 1.17 bits per heavy atom. The first-order valence-electron chi connectivity index (χ1n) is 9.82. The number of aromatic nitrogens is 3. The van der Waals surface area contributed by atoms with Gasteiger partial charge in [0.2, 0.25) is 5.91 Å². The Kier molecular flexibility index (Phi) is 6.24. The van der Waals surface area contributed by atoms with E-state index in [4.69, 9.17) is 4.74 Å². The first kappa shape index (κ1) is 19.9. The lowest BCUT2D eigenvalue weighted by Crippen LogP contribution is -2.42. The van der Waals surface area contributed by atoms with E-state index >= 15 is 0 Å². The van der Waals surface area contributed by atoms with Gasteiger partial charge in [-0.3, -0.25) is 9.78 Å². The van der Waals surface area contributed by atoms with Crippen LogP contribution in [-0.4, -0.2) is 45.5 Å². The molecule has 154 valence electrons. The van der Waals surface area contributed by atoms with Crippen LogP contribution in [0, 0.1) is 5.82 Å². The zero-order valence-corrected chi connectivity index (χ0v) is 16.4. The van der Waals surface area contributed by atoms with Gasteiger partial charge < -0.3 is 15.0 Å². The molecule has 4 rings (SSSR count). The van der Waals surface area contributed by atoms with E-state index in [1.165, 1.54) is 6.07 Å². The van der Waals surface area contributed by atoms with Crippen molar-refractivity contribution in [1.82, 2.24) is 19.9 Å². The second-order valence-electron chi connectivity index (χ2n) is 6.95. The average molecular weight is 407 g/mol. The van der Waals surface area contributed by atoms with Gasteiger partial charge in [-0.15, -0.1) is 0 Å². The number of aryl methyl sites for hydroxylation is 1. The van der Waals surface area contributed by atoms with Crippen LogP contribution in [0.4, 0.5) is 16.0 Å². The molecule has 0 bridgehead atoms. The van der Waals surface area contributed by atoms with E-state index in [2.05, 4.69) is 20.3 Å². The van der Waals surface area contributed by atoms with Gasteiger partial charge >= 0.3 is 0 Å². The number of anilines is 2. The zero-order valence-electron chi connectivity index (χ0n) is 16.4. The Bertz CT molecular complexity index is 1000. The van der Waals surface area contributed by atoms with Gasteiger partial charge in [-0.25, -0.2) is 14.4 Å². The number of hydrogen-bond acceptors (Lipinski definition) is 6. The topological polar surface area (TPSA) is 80.2 Å². The summed E-state index contributed by atoms with van der Waals surface area (Å²) >= 11 is 0. The lowest BCUT2D eigenvalue weighted by atomic mass is 10.1. The second-order valence-corrected chi connectivity index (χ2v) is 6.95. The minimum absolute atomic E-state index is 0.0135. The number of nitrogens with zero attached hydrogens (tertiary/aromatic N) is 4. The number of benzene rings is 1. The molecule has 0 aliphatic carbocycles. The van der Waals surface area contributed by atoms with Crippen molar-refractivity contribution < 1.29 is 13.9 Å². The summed E-state index contributed by atoms with van der Waals surface area (Å²) in [5.74, 6) is 0.929. The molecule has 1 N–H and O–H groups in total. The average Bonchev–Trinajstić information content (AvgIpc) is 2.79. The lowest BCUT2D eigenvalue weighted by Gasteiger charge is -2.33. The molecule has 0 saturated carbocycles. The molecule has 0 radical (unpaired) electrons. The molecule has 0 spiro atoms. The monoisotopic (exact) mass is 407 g/mol. The second kappa shape index (κ2) is 9.41. The maximum Gasteiger partial charge on any atom is 0.223 e. The van der Waals surface area contributed by atoms with E-state index < -0.39 is 0 Å². The minimum atomic E-state index is -0.320. The van der Waals surface area contributed by atoms with E-state index in [0.29, 0.717) is 43.3 Å². The van der Waals surface area contributed by atoms with Gasteiger partial charge in [-0.2, -0.15) is 0 Å². The van der Waals surface area contributed by atoms with Crippen molar-refractivity contribution in [3.63, 3.8) is 0 Å². The van der Waals surface area contributed by atoms with Crippen LogP contribution in [0.1, 0.15) is 23.8 Å². The van der Waals surface area contributed by atoms with E-state index in [0.717, 1.165) is 5.69 Å². The number of pyridine rings is 1. The van der Waals surface area contributed by atoms with Gasteiger partial charge in [-0.1, -0.05) is 24.3 Å². The molecule has 1 fully saturated rings. The molecule has 2 aromatic heterocycles. The molecule has 1 unspecified atom stereocenters. The van der Waals surface area contributed by atoms with Crippen molar-refractivity contribution in [3.05, 3.63) is 78.1 Å². The summed E-state index contributed by atoms with van der Waals surface area (Å²) in [6.45, 7) is 1.36. The number of rotatable bonds is 6. The maximum atomic E-state index is 13.8. The van der Waals surface area contributed by atoms with Crippen molar-refractivity contribution in [3.8, 4) is 0 Å². The number of morpholine rings is 1. The van der Waals surface area contributed by atoms with Crippen LogP contribution in [0.5, 0.6) is 0 Å². The summed E-state index contributed by atoms with van der Waals surface area (Å²) in [5, 5.41) is 3.10. The molecule has 1 aromatic carbocycles. The fourth-order valence-corrected chi connectivity index (χ4v) is 3.35. The van der Waals surface area contributed by atoms with Crippen molar-refractivity contribution >= 4 is 17.5 Å². The van der Waals surface area contributed by atoms with Crippen LogP contribution < -0.4 is 5.32 Å². The van der Waals surface area contributed by atoms with Crippen LogP contribution in [-0.2, 0) is 16.0 Å². The number of hydrogen-bond donors (Lipinski definition) is 1. The van der Waals surface area contributed by atoms with Gasteiger partial charge in [-0.05, 0) is 30.2 Å². The lowest BCUT2D eigenvalue weighted by molar-refractivity contribution is -0.139. The highest BCUT2D eigenvalue weighted by atomic mass is 19.1. The fraction of sp³-hybridized carbons (Fsp3) is 0.273. The predicted molar refractivity (Wildman–Crippen MR) is 110 cm³/mol. The summed E-state index contributed by atoms with van der Waals surface area (Å²) in [5.41, 5.74) is 1.29. The summed E-state index contributed by atoms with van der Waals surface area (Å²) in [7, 11) is 0. The maximum absolute atomic E-state index is 13.8. The quantitative estimate of drug-likeness (QED) is 0.676. The van der Waals surface area contributed by atoms with Crippen LogP contribution in [0.25, 0.3) is 0 Å². The van der Waals surface area contributed by atoms with Crippen molar-refractivity contribution in [2.75, 3.05) is 25.0 Å². The summed E-state index contributed by atoms with van der Waals surface area (Å²) in [6, 6.07) is 12.1. The number of carbonyl (C=O) groups excluding carboxylic acids is 1. The highest BCUT2D eigenvalue weighted by Crippen LogP contribution is 2.23. The molecule has 1 amide bonds. The summed E-state index contributed by atoms with van der Waals surface area (Å²) in [4.78, 5) is 27.2. The van der Waals surface area contributed by atoms with E-state index in [-0.39, 0.29) is 24.2 Å². The van der Waals surface area contributed by atoms with Crippen LogP contribution in [0.3, 0.4) is 0 Å². The van der Waals surface area contributed by atoms with Crippen LogP contribution in [0.15, 0.2) is 61.1 Å². The first-order valence-corrected chi connectivity index (χ1v) is 9.82. The SMILES string of the molecule is O=C(CCc1ccccc1F)N1CCOC(c2cccc(Nc3cnccn3)n2)C1. The van der Waals surface area contributed by atoms with Crippen LogP contribution >= 0.6 is 0 Å². The van der Waals surface area contributed by atoms with Gasteiger partial charge in [0, 0.05) is 25.4 Å². The van der Waals surface area contributed by atoms with E-state index in [1.807, 2.05) is 18.2 Å².